The molecule has 0 unspecified atom stereocenters. The van der Waals surface area contributed by atoms with Crippen LogP contribution in [0.2, 0.25) is 5.02 Å². The van der Waals surface area contributed by atoms with Gasteiger partial charge in [0.2, 0.25) is 0 Å². The molecular formula is C11H10ClNS. The number of rotatable bonds is 2. The highest BCUT2D eigenvalue weighted by molar-refractivity contribution is 7.10. The molecule has 1 aromatic heterocycles. The number of nitrogens with two attached hydrogens (primary N) is 1. The fourth-order valence-electron chi connectivity index (χ4n) is 1.32. The van der Waals surface area contributed by atoms with Crippen molar-refractivity contribution in [3.8, 4) is 11.1 Å². The van der Waals surface area contributed by atoms with E-state index in [1.807, 2.05) is 24.3 Å². The van der Waals surface area contributed by atoms with E-state index in [4.69, 9.17) is 17.3 Å². The Bertz CT molecular complexity index is 436. The molecule has 0 spiro atoms. The molecule has 14 heavy (non-hydrogen) atoms. The maximum atomic E-state index is 6.08. The smallest absolute Gasteiger partial charge is 0.0484 e. The summed E-state index contributed by atoms with van der Waals surface area (Å²) in [6, 6.07) is 9.93. The van der Waals surface area contributed by atoms with E-state index in [0.717, 1.165) is 16.1 Å². The standard InChI is InChI=1S/C11H10ClNS/c12-11-4-2-1-3-10(11)8-5-9(6-13)14-7-8/h1-5,7H,6,13H2. The monoisotopic (exact) mass is 223 g/mol. The third-order valence-corrected chi connectivity index (χ3v) is 3.33. The van der Waals surface area contributed by atoms with Crippen LogP contribution >= 0.6 is 22.9 Å². The third-order valence-electron chi connectivity index (χ3n) is 2.04. The lowest BCUT2D eigenvalue weighted by Gasteiger charge is -1.99. The Morgan fingerprint density at radius 1 is 1.29 bits per heavy atom. The van der Waals surface area contributed by atoms with Gasteiger partial charge in [0.05, 0.1) is 0 Å². The van der Waals surface area contributed by atoms with Gasteiger partial charge in [-0.1, -0.05) is 29.8 Å². The lowest BCUT2D eigenvalue weighted by Crippen LogP contribution is -1.91. The van der Waals surface area contributed by atoms with Gasteiger partial charge in [-0.05, 0) is 23.1 Å². The Labute approximate surface area is 92.1 Å². The van der Waals surface area contributed by atoms with Crippen molar-refractivity contribution >= 4 is 22.9 Å². The number of halogens is 1. The number of thiophene rings is 1. The molecule has 0 aliphatic heterocycles. The van der Waals surface area contributed by atoms with Crippen LogP contribution in [0.25, 0.3) is 11.1 Å². The van der Waals surface area contributed by atoms with E-state index < -0.39 is 0 Å². The van der Waals surface area contributed by atoms with Gasteiger partial charge in [-0.25, -0.2) is 0 Å². The van der Waals surface area contributed by atoms with Crippen LogP contribution in [0.1, 0.15) is 4.88 Å². The predicted octanol–water partition coefficient (Wildman–Crippen LogP) is 3.53. The molecule has 0 fully saturated rings. The second kappa shape index (κ2) is 4.13. The highest BCUT2D eigenvalue weighted by Crippen LogP contribution is 2.30. The van der Waals surface area contributed by atoms with Gasteiger partial charge in [0.1, 0.15) is 0 Å². The molecule has 1 aromatic carbocycles. The van der Waals surface area contributed by atoms with E-state index in [1.54, 1.807) is 11.3 Å². The molecule has 0 aliphatic rings. The van der Waals surface area contributed by atoms with Crippen molar-refractivity contribution in [2.24, 2.45) is 5.73 Å². The fraction of sp³-hybridized carbons (Fsp3) is 0.0909. The zero-order valence-electron chi connectivity index (χ0n) is 7.53. The summed E-state index contributed by atoms with van der Waals surface area (Å²) in [5, 5.41) is 2.87. The normalized spacial score (nSPS) is 10.4. The molecule has 1 nitrogen and oxygen atoms in total. The molecule has 0 saturated heterocycles. The summed E-state index contributed by atoms with van der Waals surface area (Å²) in [6.07, 6.45) is 0. The van der Waals surface area contributed by atoms with Crippen LogP contribution in [-0.4, -0.2) is 0 Å². The van der Waals surface area contributed by atoms with E-state index in [0.29, 0.717) is 6.54 Å². The minimum atomic E-state index is 0.592. The van der Waals surface area contributed by atoms with Crippen LogP contribution in [-0.2, 0) is 6.54 Å². The van der Waals surface area contributed by atoms with Gasteiger partial charge >= 0.3 is 0 Å². The van der Waals surface area contributed by atoms with Crippen molar-refractivity contribution in [3.05, 3.63) is 45.6 Å². The van der Waals surface area contributed by atoms with Gasteiger partial charge in [0.25, 0.3) is 0 Å². The van der Waals surface area contributed by atoms with Crippen LogP contribution in [0.5, 0.6) is 0 Å². The maximum Gasteiger partial charge on any atom is 0.0484 e. The average molecular weight is 224 g/mol. The molecule has 0 atom stereocenters. The molecule has 0 aliphatic carbocycles. The van der Waals surface area contributed by atoms with E-state index in [9.17, 15) is 0 Å². The van der Waals surface area contributed by atoms with Crippen LogP contribution in [0.3, 0.4) is 0 Å². The summed E-state index contributed by atoms with van der Waals surface area (Å²) >= 11 is 7.75. The van der Waals surface area contributed by atoms with Gasteiger partial charge in [-0.2, -0.15) is 0 Å². The van der Waals surface area contributed by atoms with Crippen LogP contribution in [0, 0.1) is 0 Å². The summed E-state index contributed by atoms with van der Waals surface area (Å²) in [6.45, 7) is 0.592. The average Bonchev–Trinajstić information content (AvgIpc) is 2.67. The van der Waals surface area contributed by atoms with Crippen molar-refractivity contribution in [3.63, 3.8) is 0 Å². The lowest BCUT2D eigenvalue weighted by molar-refractivity contribution is 1.11. The molecular weight excluding hydrogens is 214 g/mol. The largest absolute Gasteiger partial charge is 0.326 e. The summed E-state index contributed by atoms with van der Waals surface area (Å²) in [4.78, 5) is 1.18. The Morgan fingerprint density at radius 3 is 2.71 bits per heavy atom. The fourth-order valence-corrected chi connectivity index (χ4v) is 2.33. The topological polar surface area (TPSA) is 26.0 Å². The van der Waals surface area contributed by atoms with Crippen molar-refractivity contribution in [1.29, 1.82) is 0 Å². The van der Waals surface area contributed by atoms with Crippen molar-refractivity contribution < 1.29 is 0 Å². The van der Waals surface area contributed by atoms with Gasteiger partial charge in [-0.3, -0.25) is 0 Å². The second-order valence-corrected chi connectivity index (χ2v) is 4.39. The Hall–Kier alpha value is -0.830. The second-order valence-electron chi connectivity index (χ2n) is 2.99. The molecule has 0 amide bonds. The number of benzene rings is 1. The first kappa shape index (κ1) is 9.71. The summed E-state index contributed by atoms with van der Waals surface area (Å²) in [5.41, 5.74) is 7.78. The van der Waals surface area contributed by atoms with Gasteiger partial charge in [0.15, 0.2) is 0 Å². The number of hydrogen-bond donors (Lipinski definition) is 1. The zero-order chi connectivity index (χ0) is 9.97. The quantitative estimate of drug-likeness (QED) is 0.828. The predicted molar refractivity (Wildman–Crippen MR) is 62.7 cm³/mol. The summed E-state index contributed by atoms with van der Waals surface area (Å²) < 4.78 is 0. The minimum absolute atomic E-state index is 0.592. The lowest BCUT2D eigenvalue weighted by atomic mass is 10.1. The summed E-state index contributed by atoms with van der Waals surface area (Å²) in [7, 11) is 0. The minimum Gasteiger partial charge on any atom is -0.326 e. The first-order valence-electron chi connectivity index (χ1n) is 4.33. The first-order valence-corrected chi connectivity index (χ1v) is 5.59. The van der Waals surface area contributed by atoms with Crippen LogP contribution in [0.4, 0.5) is 0 Å². The molecule has 2 rings (SSSR count). The van der Waals surface area contributed by atoms with Crippen LogP contribution < -0.4 is 5.73 Å². The molecule has 2 N–H and O–H groups in total. The third kappa shape index (κ3) is 1.82. The first-order chi connectivity index (χ1) is 6.81. The SMILES string of the molecule is NCc1cc(-c2ccccc2Cl)cs1. The zero-order valence-corrected chi connectivity index (χ0v) is 9.11. The van der Waals surface area contributed by atoms with Gasteiger partial charge < -0.3 is 5.73 Å². The Morgan fingerprint density at radius 2 is 2.07 bits per heavy atom. The van der Waals surface area contributed by atoms with E-state index in [2.05, 4.69) is 11.4 Å². The molecule has 1 heterocycles. The summed E-state index contributed by atoms with van der Waals surface area (Å²) in [5.74, 6) is 0. The van der Waals surface area contributed by atoms with E-state index in [-0.39, 0.29) is 0 Å². The molecule has 3 heteroatoms. The van der Waals surface area contributed by atoms with Crippen molar-refractivity contribution in [2.75, 3.05) is 0 Å². The maximum absolute atomic E-state index is 6.08. The Kier molecular flexibility index (Phi) is 2.87. The highest BCUT2D eigenvalue weighted by Gasteiger charge is 2.04. The number of hydrogen-bond acceptors (Lipinski definition) is 2. The van der Waals surface area contributed by atoms with Crippen molar-refractivity contribution in [2.45, 2.75) is 6.54 Å². The molecule has 2 aromatic rings. The van der Waals surface area contributed by atoms with Gasteiger partial charge in [-0.15, -0.1) is 11.3 Å². The highest BCUT2D eigenvalue weighted by atomic mass is 35.5. The van der Waals surface area contributed by atoms with E-state index in [1.165, 1.54) is 4.88 Å². The van der Waals surface area contributed by atoms with Crippen molar-refractivity contribution in [1.82, 2.24) is 0 Å². The van der Waals surface area contributed by atoms with Gasteiger partial charge in [0, 0.05) is 22.0 Å². The van der Waals surface area contributed by atoms with Crippen LogP contribution in [0.15, 0.2) is 35.7 Å². The Balaban J connectivity index is 2.44. The molecule has 0 saturated carbocycles. The molecule has 72 valence electrons. The molecule has 0 bridgehead atoms. The van der Waals surface area contributed by atoms with E-state index >= 15 is 0 Å². The molecule has 0 radical (unpaired) electrons.